The van der Waals surface area contributed by atoms with Gasteiger partial charge in [0.15, 0.2) is 0 Å². The summed E-state index contributed by atoms with van der Waals surface area (Å²) in [5, 5.41) is 10.8. The van der Waals surface area contributed by atoms with Crippen LogP contribution in [0.3, 0.4) is 0 Å². The van der Waals surface area contributed by atoms with Crippen molar-refractivity contribution in [2.75, 3.05) is 20.2 Å². The zero-order valence-electron chi connectivity index (χ0n) is 25.9. The maximum atomic E-state index is 13.0. The zero-order chi connectivity index (χ0) is 30.8. The Kier molecular flexibility index (Phi) is 11.2. The second-order valence-corrected chi connectivity index (χ2v) is 12.2. The number of carbonyl (C=O) groups excluding carboxylic acids is 2. The second-order valence-electron chi connectivity index (χ2n) is 12.2. The van der Waals surface area contributed by atoms with Crippen molar-refractivity contribution >= 4 is 12.1 Å². The van der Waals surface area contributed by atoms with Crippen molar-refractivity contribution in [3.63, 3.8) is 0 Å². The van der Waals surface area contributed by atoms with E-state index >= 15 is 0 Å². The molecule has 0 bridgehead atoms. The van der Waals surface area contributed by atoms with E-state index in [1.165, 1.54) is 13.5 Å². The normalized spacial score (nSPS) is 14.5. The minimum atomic E-state index is -0.800. The van der Waals surface area contributed by atoms with E-state index in [2.05, 4.69) is 24.3 Å². The fourth-order valence-electron chi connectivity index (χ4n) is 5.35. The monoisotopic (exact) mass is 587 g/mol. The lowest BCUT2D eigenvalue weighted by Crippen LogP contribution is -2.40. The number of benzene rings is 3. The predicted octanol–water partition coefficient (Wildman–Crippen LogP) is 7.76. The summed E-state index contributed by atoms with van der Waals surface area (Å²) in [5.74, 6) is 0.171. The summed E-state index contributed by atoms with van der Waals surface area (Å²) in [7, 11) is 1.39. The maximum Gasteiger partial charge on any atom is 0.410 e. The number of hydrogen-bond donors (Lipinski definition) is 1. The van der Waals surface area contributed by atoms with Gasteiger partial charge in [0.05, 0.1) is 25.9 Å². The molecule has 0 radical (unpaired) electrons. The molecule has 1 atom stereocenters. The second kappa shape index (κ2) is 15.1. The number of carbonyl (C=O) groups is 2. The molecule has 1 N–H and O–H groups in total. The molecule has 7 heteroatoms. The summed E-state index contributed by atoms with van der Waals surface area (Å²) in [6, 6.07) is 23.3. The SMILES string of the molecule is COC(=O)c1ccc(-c2ccc(CCCN(C[C@@H](O)c3ccccc3)C(=O)OC(C)(C)C)cc2)cc1OC1CCCCC1. The van der Waals surface area contributed by atoms with Crippen molar-refractivity contribution in [3.8, 4) is 16.9 Å². The van der Waals surface area contributed by atoms with Crippen LogP contribution in [-0.4, -0.2) is 54.0 Å². The van der Waals surface area contributed by atoms with Gasteiger partial charge < -0.3 is 24.2 Å². The Labute approximate surface area is 255 Å². The number of ether oxygens (including phenoxy) is 3. The van der Waals surface area contributed by atoms with E-state index in [1.807, 2.05) is 63.2 Å². The molecule has 0 aliphatic heterocycles. The molecule has 3 aromatic rings. The van der Waals surface area contributed by atoms with Crippen LogP contribution in [0.15, 0.2) is 72.8 Å². The lowest BCUT2D eigenvalue weighted by molar-refractivity contribution is 0.0142. The van der Waals surface area contributed by atoms with E-state index in [0.717, 1.165) is 54.4 Å². The van der Waals surface area contributed by atoms with Gasteiger partial charge in [0.1, 0.15) is 16.9 Å². The molecule has 1 aliphatic rings. The molecule has 0 spiro atoms. The lowest BCUT2D eigenvalue weighted by atomic mass is 9.97. The Bertz CT molecular complexity index is 1330. The average Bonchev–Trinajstić information content (AvgIpc) is 3.00. The van der Waals surface area contributed by atoms with Crippen LogP contribution < -0.4 is 4.74 Å². The van der Waals surface area contributed by atoms with E-state index in [0.29, 0.717) is 24.3 Å². The van der Waals surface area contributed by atoms with E-state index in [4.69, 9.17) is 14.2 Å². The molecular weight excluding hydrogens is 542 g/mol. The predicted molar refractivity (Wildman–Crippen MR) is 168 cm³/mol. The van der Waals surface area contributed by atoms with E-state index in [1.54, 1.807) is 11.0 Å². The summed E-state index contributed by atoms with van der Waals surface area (Å²) in [5.41, 5.74) is 3.71. The number of aryl methyl sites for hydroxylation is 1. The fourth-order valence-corrected chi connectivity index (χ4v) is 5.35. The van der Waals surface area contributed by atoms with Gasteiger partial charge in [-0.1, -0.05) is 67.1 Å². The number of esters is 1. The molecule has 0 unspecified atom stereocenters. The number of aliphatic hydroxyl groups is 1. The molecular formula is C36H45NO6. The molecule has 1 fully saturated rings. The minimum absolute atomic E-state index is 0.115. The third-order valence-electron chi connectivity index (χ3n) is 7.64. The van der Waals surface area contributed by atoms with Gasteiger partial charge >= 0.3 is 12.1 Å². The topological polar surface area (TPSA) is 85.3 Å². The molecule has 7 nitrogen and oxygen atoms in total. The van der Waals surface area contributed by atoms with E-state index in [-0.39, 0.29) is 12.6 Å². The molecule has 0 aromatic heterocycles. The molecule has 1 saturated carbocycles. The molecule has 4 rings (SSSR count). The third kappa shape index (κ3) is 9.58. The Balaban J connectivity index is 1.41. The number of hydrogen-bond acceptors (Lipinski definition) is 6. The fraction of sp³-hybridized carbons (Fsp3) is 0.444. The van der Waals surface area contributed by atoms with Gasteiger partial charge in [0.2, 0.25) is 0 Å². The number of aliphatic hydroxyl groups excluding tert-OH is 1. The van der Waals surface area contributed by atoms with E-state index < -0.39 is 23.8 Å². The van der Waals surface area contributed by atoms with Crippen molar-refractivity contribution in [3.05, 3.63) is 89.5 Å². The average molecular weight is 588 g/mol. The molecule has 0 saturated heterocycles. The Hall–Kier alpha value is -3.84. The van der Waals surface area contributed by atoms with Gasteiger partial charge in [-0.25, -0.2) is 9.59 Å². The van der Waals surface area contributed by atoms with Crippen LogP contribution in [0.2, 0.25) is 0 Å². The van der Waals surface area contributed by atoms with Crippen molar-refractivity contribution in [1.82, 2.24) is 4.90 Å². The first kappa shape index (κ1) is 32.1. The van der Waals surface area contributed by atoms with Gasteiger partial charge in [-0.3, -0.25) is 0 Å². The summed E-state index contributed by atoms with van der Waals surface area (Å²) in [6.45, 7) is 6.13. The molecule has 3 aromatic carbocycles. The van der Waals surface area contributed by atoms with Gasteiger partial charge in [-0.05, 0) is 93.7 Å². The number of nitrogens with zero attached hydrogens (tertiary/aromatic N) is 1. The number of methoxy groups -OCH3 is 1. The first-order valence-electron chi connectivity index (χ1n) is 15.3. The highest BCUT2D eigenvalue weighted by Crippen LogP contribution is 2.31. The van der Waals surface area contributed by atoms with Gasteiger partial charge in [0.25, 0.3) is 0 Å². The van der Waals surface area contributed by atoms with Crippen molar-refractivity contribution in [2.45, 2.75) is 83.5 Å². The third-order valence-corrected chi connectivity index (χ3v) is 7.64. The maximum absolute atomic E-state index is 13.0. The first-order valence-corrected chi connectivity index (χ1v) is 15.3. The van der Waals surface area contributed by atoms with Crippen LogP contribution >= 0.6 is 0 Å². The largest absolute Gasteiger partial charge is 0.490 e. The Morgan fingerprint density at radius 2 is 1.60 bits per heavy atom. The number of amides is 1. The highest BCUT2D eigenvalue weighted by Gasteiger charge is 2.25. The van der Waals surface area contributed by atoms with Crippen molar-refractivity contribution < 1.29 is 28.9 Å². The molecule has 1 amide bonds. The van der Waals surface area contributed by atoms with Crippen LogP contribution in [0.25, 0.3) is 11.1 Å². The highest BCUT2D eigenvalue weighted by atomic mass is 16.6. The highest BCUT2D eigenvalue weighted by molar-refractivity contribution is 5.93. The first-order chi connectivity index (χ1) is 20.6. The van der Waals surface area contributed by atoms with Crippen molar-refractivity contribution in [1.29, 1.82) is 0 Å². The summed E-state index contributed by atoms with van der Waals surface area (Å²) >= 11 is 0. The lowest BCUT2D eigenvalue weighted by Gasteiger charge is -2.29. The standard InChI is InChI=1S/C36H45NO6/c1-36(2,3)43-35(40)37(25-32(38)28-13-7-5-8-14-28)23-11-12-26-17-19-27(20-18-26)29-21-22-31(34(39)41-4)33(24-29)42-30-15-9-6-10-16-30/h5,7-8,13-14,17-22,24,30,32,38H,6,9-12,15-16,23,25H2,1-4H3/t32-/m1/s1. The summed E-state index contributed by atoms with van der Waals surface area (Å²) < 4.78 is 16.9. The van der Waals surface area contributed by atoms with Crippen LogP contribution in [0.4, 0.5) is 4.79 Å². The van der Waals surface area contributed by atoms with Crippen LogP contribution in [0, 0.1) is 0 Å². The Morgan fingerprint density at radius 3 is 2.26 bits per heavy atom. The Morgan fingerprint density at radius 1 is 0.930 bits per heavy atom. The quantitative estimate of drug-likeness (QED) is 0.231. The molecule has 43 heavy (non-hydrogen) atoms. The van der Waals surface area contributed by atoms with Crippen LogP contribution in [-0.2, 0) is 15.9 Å². The van der Waals surface area contributed by atoms with Gasteiger partial charge in [-0.15, -0.1) is 0 Å². The summed E-state index contributed by atoms with van der Waals surface area (Å²) in [4.78, 5) is 27.0. The van der Waals surface area contributed by atoms with Gasteiger partial charge in [-0.2, -0.15) is 0 Å². The van der Waals surface area contributed by atoms with Crippen molar-refractivity contribution in [2.24, 2.45) is 0 Å². The molecule has 0 heterocycles. The smallest absolute Gasteiger partial charge is 0.410 e. The van der Waals surface area contributed by atoms with Crippen LogP contribution in [0.5, 0.6) is 5.75 Å². The minimum Gasteiger partial charge on any atom is -0.490 e. The molecule has 230 valence electrons. The van der Waals surface area contributed by atoms with Crippen LogP contribution in [0.1, 0.15) is 86.9 Å². The molecule has 1 aliphatic carbocycles. The zero-order valence-corrected chi connectivity index (χ0v) is 25.9. The summed E-state index contributed by atoms with van der Waals surface area (Å²) in [6.07, 6.45) is 5.86. The number of rotatable bonds is 11. The van der Waals surface area contributed by atoms with Gasteiger partial charge in [0, 0.05) is 6.54 Å². The van der Waals surface area contributed by atoms with E-state index in [9.17, 15) is 14.7 Å².